The summed E-state index contributed by atoms with van der Waals surface area (Å²) < 4.78 is 16.9. The minimum Gasteiger partial charge on any atom is -0.492 e. The van der Waals surface area contributed by atoms with Gasteiger partial charge >= 0.3 is 0 Å². The number of aryl methyl sites for hydroxylation is 1. The minimum absolute atomic E-state index is 0.201. The van der Waals surface area contributed by atoms with Gasteiger partial charge in [-0.15, -0.1) is 0 Å². The maximum atomic E-state index is 12.2. The Morgan fingerprint density at radius 2 is 1.86 bits per heavy atom. The maximum Gasteiger partial charge on any atom is 0.290 e. The molecule has 0 aliphatic carbocycles. The van der Waals surface area contributed by atoms with Crippen molar-refractivity contribution in [2.24, 2.45) is 0 Å². The Hall–Kier alpha value is -3.21. The number of furan rings is 1. The first-order valence-corrected chi connectivity index (χ1v) is 9.37. The third-order valence-corrected chi connectivity index (χ3v) is 4.29. The van der Waals surface area contributed by atoms with Gasteiger partial charge in [0.25, 0.3) is 11.9 Å². The molecule has 0 fully saturated rings. The standard InChI is InChI=1S/C23H25NO4/c1-16(2)18-10-9-17(3)21(15-18)28-22-12-11-20(27-22)23(25)24-13-14-26-19-7-5-4-6-8-19/h4-12,15-16H,13-14H2,1-3H3,(H,24,25). The third kappa shape index (κ3) is 5.16. The minimum atomic E-state index is -0.306. The summed E-state index contributed by atoms with van der Waals surface area (Å²) in [7, 11) is 0. The number of ether oxygens (including phenoxy) is 2. The van der Waals surface area contributed by atoms with E-state index in [0.717, 1.165) is 17.1 Å². The number of rotatable bonds is 8. The maximum absolute atomic E-state index is 12.2. The van der Waals surface area contributed by atoms with Gasteiger partial charge in [0, 0.05) is 6.07 Å². The van der Waals surface area contributed by atoms with Crippen LogP contribution in [0.5, 0.6) is 17.4 Å². The van der Waals surface area contributed by atoms with Crippen molar-refractivity contribution in [1.82, 2.24) is 5.32 Å². The van der Waals surface area contributed by atoms with Crippen molar-refractivity contribution < 1.29 is 18.7 Å². The van der Waals surface area contributed by atoms with E-state index in [4.69, 9.17) is 13.9 Å². The van der Waals surface area contributed by atoms with E-state index in [9.17, 15) is 4.79 Å². The van der Waals surface area contributed by atoms with Gasteiger partial charge in [-0.2, -0.15) is 0 Å². The number of carbonyl (C=O) groups is 1. The van der Waals surface area contributed by atoms with Crippen LogP contribution in [0.3, 0.4) is 0 Å². The van der Waals surface area contributed by atoms with E-state index in [1.165, 1.54) is 5.56 Å². The first-order valence-electron chi connectivity index (χ1n) is 9.37. The molecule has 3 rings (SSSR count). The molecular formula is C23H25NO4. The Kier molecular flexibility index (Phi) is 6.37. The highest BCUT2D eigenvalue weighted by Gasteiger charge is 2.13. The molecule has 2 aromatic carbocycles. The molecule has 0 spiro atoms. The summed E-state index contributed by atoms with van der Waals surface area (Å²) in [6.07, 6.45) is 0. The molecule has 3 aromatic rings. The molecule has 5 nitrogen and oxygen atoms in total. The van der Waals surface area contributed by atoms with Crippen molar-refractivity contribution in [2.75, 3.05) is 13.2 Å². The van der Waals surface area contributed by atoms with Gasteiger partial charge in [0.05, 0.1) is 6.54 Å². The van der Waals surface area contributed by atoms with Gasteiger partial charge in [0.2, 0.25) is 0 Å². The molecule has 146 valence electrons. The van der Waals surface area contributed by atoms with Gasteiger partial charge < -0.3 is 19.2 Å². The van der Waals surface area contributed by atoms with Gasteiger partial charge in [0.1, 0.15) is 18.1 Å². The molecule has 0 saturated heterocycles. The van der Waals surface area contributed by atoms with E-state index >= 15 is 0 Å². The molecule has 28 heavy (non-hydrogen) atoms. The van der Waals surface area contributed by atoms with E-state index < -0.39 is 0 Å². The third-order valence-electron chi connectivity index (χ3n) is 4.29. The van der Waals surface area contributed by atoms with E-state index in [1.54, 1.807) is 12.1 Å². The van der Waals surface area contributed by atoms with Gasteiger partial charge in [-0.25, -0.2) is 0 Å². The number of para-hydroxylation sites is 1. The van der Waals surface area contributed by atoms with E-state index in [2.05, 4.69) is 25.2 Å². The van der Waals surface area contributed by atoms with Crippen LogP contribution in [-0.2, 0) is 0 Å². The van der Waals surface area contributed by atoms with Crippen LogP contribution in [0.2, 0.25) is 0 Å². The predicted octanol–water partition coefficient (Wildman–Crippen LogP) is 5.31. The van der Waals surface area contributed by atoms with E-state index in [1.807, 2.05) is 49.4 Å². The van der Waals surface area contributed by atoms with Crippen LogP contribution in [0, 0.1) is 6.92 Å². The van der Waals surface area contributed by atoms with Crippen LogP contribution in [-0.4, -0.2) is 19.1 Å². The molecule has 0 aliphatic rings. The molecule has 1 heterocycles. The normalized spacial score (nSPS) is 10.7. The van der Waals surface area contributed by atoms with Crippen LogP contribution < -0.4 is 14.8 Å². The zero-order valence-corrected chi connectivity index (χ0v) is 16.4. The second-order valence-corrected chi connectivity index (χ2v) is 6.82. The average molecular weight is 379 g/mol. The van der Waals surface area contributed by atoms with Gasteiger partial charge in [-0.1, -0.05) is 44.2 Å². The first kappa shape index (κ1) is 19.5. The fraction of sp³-hybridized carbons (Fsp3) is 0.261. The Balaban J connectivity index is 1.53. The summed E-state index contributed by atoms with van der Waals surface area (Å²) in [6.45, 7) is 6.99. The molecule has 1 amide bonds. The predicted molar refractivity (Wildman–Crippen MR) is 108 cm³/mol. The zero-order valence-electron chi connectivity index (χ0n) is 16.4. The second-order valence-electron chi connectivity index (χ2n) is 6.82. The number of amides is 1. The number of carbonyl (C=O) groups excluding carboxylic acids is 1. The zero-order chi connectivity index (χ0) is 19.9. The summed E-state index contributed by atoms with van der Waals surface area (Å²) >= 11 is 0. The lowest BCUT2D eigenvalue weighted by Gasteiger charge is -2.11. The molecule has 0 aliphatic heterocycles. The fourth-order valence-electron chi connectivity index (χ4n) is 2.63. The van der Waals surface area contributed by atoms with Crippen molar-refractivity contribution in [3.8, 4) is 17.4 Å². The van der Waals surface area contributed by atoms with Gasteiger partial charge in [-0.3, -0.25) is 4.79 Å². The van der Waals surface area contributed by atoms with Crippen LogP contribution in [0.25, 0.3) is 0 Å². The number of benzene rings is 2. The van der Waals surface area contributed by atoms with Crippen LogP contribution in [0.1, 0.15) is 41.4 Å². The second kappa shape index (κ2) is 9.13. The molecule has 5 heteroatoms. The SMILES string of the molecule is Cc1ccc(C(C)C)cc1Oc1ccc(C(=O)NCCOc2ccccc2)o1. The summed E-state index contributed by atoms with van der Waals surface area (Å²) in [6, 6.07) is 18.8. The number of nitrogens with one attached hydrogen (secondary N) is 1. The van der Waals surface area contributed by atoms with Crippen molar-refractivity contribution in [1.29, 1.82) is 0 Å². The summed E-state index contributed by atoms with van der Waals surface area (Å²) in [5.41, 5.74) is 2.19. The highest BCUT2D eigenvalue weighted by atomic mass is 16.6. The van der Waals surface area contributed by atoms with E-state index in [-0.39, 0.29) is 17.6 Å². The Labute approximate surface area is 165 Å². The number of hydrogen-bond acceptors (Lipinski definition) is 4. The van der Waals surface area contributed by atoms with Crippen LogP contribution in [0.4, 0.5) is 0 Å². The lowest BCUT2D eigenvalue weighted by Crippen LogP contribution is -2.27. The summed E-state index contributed by atoms with van der Waals surface area (Å²) in [5, 5.41) is 2.77. The average Bonchev–Trinajstić information content (AvgIpc) is 3.16. The highest BCUT2D eigenvalue weighted by Crippen LogP contribution is 2.29. The Morgan fingerprint density at radius 1 is 1.07 bits per heavy atom. The number of hydrogen-bond donors (Lipinski definition) is 1. The molecule has 0 unspecified atom stereocenters. The van der Waals surface area contributed by atoms with E-state index in [0.29, 0.717) is 19.1 Å². The molecule has 0 atom stereocenters. The Bertz CT molecular complexity index is 915. The van der Waals surface area contributed by atoms with Gasteiger partial charge in [-0.05, 0) is 48.2 Å². The molecule has 0 bridgehead atoms. The quantitative estimate of drug-likeness (QED) is 0.539. The Morgan fingerprint density at radius 3 is 2.61 bits per heavy atom. The van der Waals surface area contributed by atoms with Crippen LogP contribution in [0.15, 0.2) is 65.1 Å². The monoisotopic (exact) mass is 379 g/mol. The van der Waals surface area contributed by atoms with Crippen molar-refractivity contribution in [3.63, 3.8) is 0 Å². The molecule has 0 saturated carbocycles. The van der Waals surface area contributed by atoms with Crippen molar-refractivity contribution in [3.05, 3.63) is 77.6 Å². The summed E-state index contributed by atoms with van der Waals surface area (Å²) in [4.78, 5) is 12.2. The van der Waals surface area contributed by atoms with Crippen molar-refractivity contribution >= 4 is 5.91 Å². The highest BCUT2D eigenvalue weighted by molar-refractivity contribution is 5.91. The molecular weight excluding hydrogens is 354 g/mol. The molecule has 1 aromatic heterocycles. The topological polar surface area (TPSA) is 60.7 Å². The lowest BCUT2D eigenvalue weighted by molar-refractivity contribution is 0.0914. The first-order chi connectivity index (χ1) is 13.5. The van der Waals surface area contributed by atoms with Crippen LogP contribution >= 0.6 is 0 Å². The largest absolute Gasteiger partial charge is 0.492 e. The fourth-order valence-corrected chi connectivity index (χ4v) is 2.63. The smallest absolute Gasteiger partial charge is 0.290 e. The molecule has 0 radical (unpaired) electrons. The van der Waals surface area contributed by atoms with Crippen molar-refractivity contribution in [2.45, 2.75) is 26.7 Å². The van der Waals surface area contributed by atoms with Gasteiger partial charge in [0.15, 0.2) is 5.76 Å². The summed E-state index contributed by atoms with van der Waals surface area (Å²) in [5.74, 6) is 2.08. The molecule has 1 N–H and O–H groups in total. The lowest BCUT2D eigenvalue weighted by atomic mass is 10.0.